The van der Waals surface area contributed by atoms with Crippen molar-refractivity contribution in [2.24, 2.45) is 5.92 Å². The molecule has 0 amide bonds. The van der Waals surface area contributed by atoms with Crippen LogP contribution in [0.2, 0.25) is 0 Å². The molecule has 1 aromatic carbocycles. The van der Waals surface area contributed by atoms with E-state index in [1.165, 1.54) is 12.1 Å². The highest BCUT2D eigenvalue weighted by Gasteiger charge is 2.29. The van der Waals surface area contributed by atoms with E-state index in [9.17, 15) is 13.5 Å². The minimum atomic E-state index is -3.82. The Morgan fingerprint density at radius 2 is 1.85 bits per heavy atom. The van der Waals surface area contributed by atoms with Gasteiger partial charge >= 0.3 is 0 Å². The van der Waals surface area contributed by atoms with Gasteiger partial charge in [-0.15, -0.1) is 0 Å². The van der Waals surface area contributed by atoms with Crippen LogP contribution in [0.3, 0.4) is 0 Å². The zero-order valence-electron chi connectivity index (χ0n) is 12.4. The SMILES string of the molecule is C=C(C)C(COS(=O)(=O)c1ccc(C)cc1)C(C)(C)O. The van der Waals surface area contributed by atoms with Crippen LogP contribution in [-0.4, -0.2) is 25.7 Å². The zero-order chi connectivity index (χ0) is 15.6. The smallest absolute Gasteiger partial charge is 0.296 e. The number of aliphatic hydroxyl groups is 1. The van der Waals surface area contributed by atoms with Gasteiger partial charge in [0.05, 0.1) is 17.1 Å². The molecule has 1 unspecified atom stereocenters. The van der Waals surface area contributed by atoms with Crippen LogP contribution in [0.15, 0.2) is 41.3 Å². The highest BCUT2D eigenvalue weighted by atomic mass is 32.2. The summed E-state index contributed by atoms with van der Waals surface area (Å²) in [6, 6.07) is 6.43. The van der Waals surface area contributed by atoms with E-state index >= 15 is 0 Å². The fourth-order valence-electron chi connectivity index (χ4n) is 1.88. The second-order valence-electron chi connectivity index (χ2n) is 5.60. The first kappa shape index (κ1) is 16.9. The van der Waals surface area contributed by atoms with Crippen LogP contribution in [0.5, 0.6) is 0 Å². The Morgan fingerprint density at radius 1 is 1.35 bits per heavy atom. The Morgan fingerprint density at radius 3 is 2.25 bits per heavy atom. The van der Waals surface area contributed by atoms with Crippen molar-refractivity contribution in [3.63, 3.8) is 0 Å². The Bertz CT molecular complexity index is 565. The van der Waals surface area contributed by atoms with Crippen molar-refractivity contribution >= 4 is 10.1 Å². The Labute approximate surface area is 121 Å². The second-order valence-corrected chi connectivity index (χ2v) is 7.22. The van der Waals surface area contributed by atoms with Crippen molar-refractivity contribution in [1.29, 1.82) is 0 Å². The van der Waals surface area contributed by atoms with Crippen molar-refractivity contribution in [2.75, 3.05) is 6.61 Å². The lowest BCUT2D eigenvalue weighted by molar-refractivity contribution is 0.0143. The summed E-state index contributed by atoms with van der Waals surface area (Å²) in [4.78, 5) is 0.110. The Hall–Kier alpha value is -1.17. The summed E-state index contributed by atoms with van der Waals surface area (Å²) in [6.07, 6.45) is 0. The highest BCUT2D eigenvalue weighted by molar-refractivity contribution is 7.86. The summed E-state index contributed by atoms with van der Waals surface area (Å²) in [6.45, 7) is 10.5. The molecule has 1 aromatic rings. The highest BCUT2D eigenvalue weighted by Crippen LogP contribution is 2.25. The van der Waals surface area contributed by atoms with Gasteiger partial charge in [0.15, 0.2) is 0 Å². The first-order valence-electron chi connectivity index (χ1n) is 6.38. The van der Waals surface area contributed by atoms with Gasteiger partial charge in [0.25, 0.3) is 10.1 Å². The van der Waals surface area contributed by atoms with E-state index in [1.807, 2.05) is 6.92 Å². The van der Waals surface area contributed by atoms with E-state index < -0.39 is 21.6 Å². The molecule has 1 atom stereocenters. The molecule has 5 heteroatoms. The zero-order valence-corrected chi connectivity index (χ0v) is 13.2. The van der Waals surface area contributed by atoms with Crippen LogP contribution in [0, 0.1) is 12.8 Å². The van der Waals surface area contributed by atoms with Crippen molar-refractivity contribution in [3.8, 4) is 0 Å². The average Bonchev–Trinajstić information content (AvgIpc) is 2.27. The number of hydrogen-bond acceptors (Lipinski definition) is 4. The van der Waals surface area contributed by atoms with E-state index in [4.69, 9.17) is 4.18 Å². The fraction of sp³-hybridized carbons (Fsp3) is 0.467. The van der Waals surface area contributed by atoms with E-state index in [-0.39, 0.29) is 11.5 Å². The summed E-state index contributed by atoms with van der Waals surface area (Å²) in [5.74, 6) is -0.456. The first-order valence-corrected chi connectivity index (χ1v) is 7.79. The quantitative estimate of drug-likeness (QED) is 0.648. The fourth-order valence-corrected chi connectivity index (χ4v) is 2.80. The van der Waals surface area contributed by atoms with Crippen LogP contribution in [0.25, 0.3) is 0 Å². The van der Waals surface area contributed by atoms with Gasteiger partial charge < -0.3 is 5.11 Å². The topological polar surface area (TPSA) is 63.6 Å². The summed E-state index contributed by atoms with van der Waals surface area (Å²) < 4.78 is 29.2. The predicted octanol–water partition coefficient (Wildman–Crippen LogP) is 2.66. The molecular weight excluding hydrogens is 276 g/mol. The predicted molar refractivity (Wildman–Crippen MR) is 78.9 cm³/mol. The van der Waals surface area contributed by atoms with Crippen molar-refractivity contribution < 1.29 is 17.7 Å². The number of rotatable bonds is 6. The normalized spacial score (nSPS) is 14.1. The molecule has 0 saturated carbocycles. The molecule has 0 aromatic heterocycles. The Balaban J connectivity index is 2.87. The lowest BCUT2D eigenvalue weighted by Gasteiger charge is -2.29. The van der Waals surface area contributed by atoms with Crippen molar-refractivity contribution in [1.82, 2.24) is 0 Å². The summed E-state index contributed by atoms with van der Waals surface area (Å²) >= 11 is 0. The van der Waals surface area contributed by atoms with E-state index in [2.05, 4.69) is 6.58 Å². The molecule has 20 heavy (non-hydrogen) atoms. The molecule has 0 saturated heterocycles. The lowest BCUT2D eigenvalue weighted by atomic mass is 9.87. The molecule has 0 aliphatic heterocycles. The summed E-state index contributed by atoms with van der Waals surface area (Å²) in [7, 11) is -3.82. The summed E-state index contributed by atoms with van der Waals surface area (Å²) in [5, 5.41) is 10.0. The third-order valence-electron chi connectivity index (χ3n) is 3.15. The Kier molecular flexibility index (Phi) is 5.13. The van der Waals surface area contributed by atoms with Gasteiger partial charge in [-0.25, -0.2) is 0 Å². The van der Waals surface area contributed by atoms with Gasteiger partial charge in [-0.05, 0) is 39.8 Å². The molecule has 0 bridgehead atoms. The molecule has 0 heterocycles. The molecule has 1 N–H and O–H groups in total. The molecule has 0 fully saturated rings. The maximum absolute atomic E-state index is 12.1. The molecule has 1 rings (SSSR count). The second kappa shape index (κ2) is 6.08. The van der Waals surface area contributed by atoms with E-state index in [1.54, 1.807) is 32.9 Å². The van der Waals surface area contributed by atoms with E-state index in [0.29, 0.717) is 5.57 Å². The molecule has 4 nitrogen and oxygen atoms in total. The molecule has 0 aliphatic rings. The molecule has 0 radical (unpaired) electrons. The van der Waals surface area contributed by atoms with Gasteiger partial charge in [0, 0.05) is 5.92 Å². The summed E-state index contributed by atoms with van der Waals surface area (Å²) in [5.41, 5.74) is 0.561. The minimum absolute atomic E-state index is 0.110. The molecule has 0 aliphatic carbocycles. The standard InChI is InChI=1S/C15H22O4S/c1-11(2)14(15(4,5)16)10-19-20(17,18)13-8-6-12(3)7-9-13/h6-9,14,16H,1,10H2,2-5H3. The lowest BCUT2D eigenvalue weighted by Crippen LogP contribution is -2.35. The minimum Gasteiger partial charge on any atom is -0.390 e. The van der Waals surface area contributed by atoms with Gasteiger partial charge in [-0.2, -0.15) is 8.42 Å². The molecule has 0 spiro atoms. The van der Waals surface area contributed by atoms with Gasteiger partial charge in [0.2, 0.25) is 0 Å². The van der Waals surface area contributed by atoms with Crippen LogP contribution in [-0.2, 0) is 14.3 Å². The van der Waals surface area contributed by atoms with Crippen LogP contribution in [0.1, 0.15) is 26.3 Å². The van der Waals surface area contributed by atoms with Crippen LogP contribution < -0.4 is 0 Å². The maximum Gasteiger partial charge on any atom is 0.296 e. The van der Waals surface area contributed by atoms with Gasteiger partial charge in [-0.1, -0.05) is 29.8 Å². The number of aryl methyl sites for hydroxylation is 1. The third-order valence-corrected chi connectivity index (χ3v) is 4.44. The number of benzene rings is 1. The first-order chi connectivity index (χ1) is 9.04. The largest absolute Gasteiger partial charge is 0.390 e. The van der Waals surface area contributed by atoms with Crippen LogP contribution >= 0.6 is 0 Å². The van der Waals surface area contributed by atoms with E-state index in [0.717, 1.165) is 5.56 Å². The average molecular weight is 298 g/mol. The maximum atomic E-state index is 12.1. The van der Waals surface area contributed by atoms with Gasteiger partial charge in [0.1, 0.15) is 0 Å². The monoisotopic (exact) mass is 298 g/mol. The van der Waals surface area contributed by atoms with Gasteiger partial charge in [-0.3, -0.25) is 4.18 Å². The number of hydrogen-bond donors (Lipinski definition) is 1. The van der Waals surface area contributed by atoms with Crippen molar-refractivity contribution in [3.05, 3.63) is 42.0 Å². The third kappa shape index (κ3) is 4.44. The molecular formula is C15H22O4S. The van der Waals surface area contributed by atoms with Crippen molar-refractivity contribution in [2.45, 2.75) is 38.2 Å². The molecule has 112 valence electrons. The van der Waals surface area contributed by atoms with Crippen LogP contribution in [0.4, 0.5) is 0 Å².